The number of thioether (sulfide) groups is 1. The average molecular weight is 402 g/mol. The number of benzene rings is 3. The number of hydrogen-bond acceptors (Lipinski definition) is 5. The Morgan fingerprint density at radius 3 is 2.66 bits per heavy atom. The largest absolute Gasteiger partial charge is 0.454 e. The number of aryl methyl sites for hydroxylation is 1. The van der Waals surface area contributed by atoms with Gasteiger partial charge < -0.3 is 9.47 Å². The molecule has 0 fully saturated rings. The van der Waals surface area contributed by atoms with E-state index in [4.69, 9.17) is 14.5 Å². The van der Waals surface area contributed by atoms with Crippen LogP contribution in [0.15, 0.2) is 76.7 Å². The van der Waals surface area contributed by atoms with Gasteiger partial charge in [0.1, 0.15) is 0 Å². The molecule has 4 aromatic rings. The van der Waals surface area contributed by atoms with Gasteiger partial charge in [0.25, 0.3) is 5.56 Å². The van der Waals surface area contributed by atoms with E-state index in [0.29, 0.717) is 21.8 Å². The highest BCUT2D eigenvalue weighted by atomic mass is 32.2. The molecule has 1 aliphatic heterocycles. The van der Waals surface area contributed by atoms with Crippen molar-refractivity contribution in [2.24, 2.45) is 0 Å². The predicted octanol–water partition coefficient (Wildman–Crippen LogP) is 4.72. The zero-order valence-electron chi connectivity index (χ0n) is 15.8. The first-order valence-electron chi connectivity index (χ1n) is 9.29. The van der Waals surface area contributed by atoms with Crippen LogP contribution >= 0.6 is 11.8 Å². The molecule has 0 radical (unpaired) electrons. The molecule has 1 aliphatic rings. The van der Waals surface area contributed by atoms with Gasteiger partial charge in [-0.05, 0) is 48.9 Å². The van der Waals surface area contributed by atoms with Gasteiger partial charge in [-0.2, -0.15) is 0 Å². The van der Waals surface area contributed by atoms with Crippen LogP contribution in [0.25, 0.3) is 16.6 Å². The van der Waals surface area contributed by atoms with Crippen molar-refractivity contribution < 1.29 is 9.47 Å². The maximum Gasteiger partial charge on any atom is 0.266 e. The smallest absolute Gasteiger partial charge is 0.266 e. The normalized spacial score (nSPS) is 12.4. The van der Waals surface area contributed by atoms with Gasteiger partial charge in [-0.15, -0.1) is 0 Å². The van der Waals surface area contributed by atoms with Crippen molar-refractivity contribution >= 4 is 22.7 Å². The Hall–Kier alpha value is -3.25. The summed E-state index contributed by atoms with van der Waals surface area (Å²) in [5.41, 5.74) is 3.68. The number of ether oxygens (including phenoxy) is 2. The molecule has 0 saturated heterocycles. The van der Waals surface area contributed by atoms with E-state index < -0.39 is 0 Å². The molecule has 6 heteroatoms. The van der Waals surface area contributed by atoms with Crippen LogP contribution < -0.4 is 15.0 Å². The number of fused-ring (bicyclic) bond motifs is 2. The van der Waals surface area contributed by atoms with E-state index in [1.54, 1.807) is 4.57 Å². The molecule has 0 saturated carbocycles. The molecule has 144 valence electrons. The Kier molecular flexibility index (Phi) is 4.48. The molecule has 0 bridgehead atoms. The van der Waals surface area contributed by atoms with Crippen molar-refractivity contribution in [2.45, 2.75) is 17.8 Å². The van der Waals surface area contributed by atoms with Crippen molar-refractivity contribution in [3.8, 4) is 17.2 Å². The summed E-state index contributed by atoms with van der Waals surface area (Å²) < 4.78 is 12.5. The second-order valence-electron chi connectivity index (χ2n) is 6.86. The topological polar surface area (TPSA) is 53.4 Å². The van der Waals surface area contributed by atoms with E-state index in [1.165, 1.54) is 11.8 Å². The molecular weight excluding hydrogens is 384 g/mol. The summed E-state index contributed by atoms with van der Waals surface area (Å²) in [6, 6.07) is 21.3. The summed E-state index contributed by atoms with van der Waals surface area (Å²) in [4.78, 5) is 18.1. The summed E-state index contributed by atoms with van der Waals surface area (Å²) in [5, 5.41) is 1.27. The first-order valence-corrected chi connectivity index (χ1v) is 10.3. The fraction of sp³-hybridized carbons (Fsp3) is 0.130. The highest BCUT2D eigenvalue weighted by Gasteiger charge is 2.16. The molecule has 0 N–H and O–H groups in total. The molecule has 29 heavy (non-hydrogen) atoms. The maximum absolute atomic E-state index is 13.3. The number of nitrogens with zero attached hydrogens (tertiary/aromatic N) is 2. The highest BCUT2D eigenvalue weighted by Crippen LogP contribution is 2.34. The monoisotopic (exact) mass is 402 g/mol. The van der Waals surface area contributed by atoms with Gasteiger partial charge in [0.05, 0.1) is 16.6 Å². The summed E-state index contributed by atoms with van der Waals surface area (Å²) in [6.45, 7) is 2.28. The van der Waals surface area contributed by atoms with E-state index in [1.807, 2.05) is 73.7 Å². The second kappa shape index (κ2) is 7.29. The fourth-order valence-electron chi connectivity index (χ4n) is 3.31. The van der Waals surface area contributed by atoms with Crippen molar-refractivity contribution in [1.29, 1.82) is 0 Å². The van der Waals surface area contributed by atoms with E-state index in [-0.39, 0.29) is 12.4 Å². The summed E-state index contributed by atoms with van der Waals surface area (Å²) in [5.74, 6) is 2.18. The maximum atomic E-state index is 13.3. The first kappa shape index (κ1) is 17.8. The molecular formula is C23H18N2O3S. The van der Waals surface area contributed by atoms with Crippen LogP contribution in [0.2, 0.25) is 0 Å². The van der Waals surface area contributed by atoms with Gasteiger partial charge >= 0.3 is 0 Å². The summed E-state index contributed by atoms with van der Waals surface area (Å²) >= 11 is 1.53. The van der Waals surface area contributed by atoms with E-state index in [2.05, 4.69) is 0 Å². The number of para-hydroxylation sites is 1. The van der Waals surface area contributed by atoms with Gasteiger partial charge in [-0.25, -0.2) is 4.98 Å². The van der Waals surface area contributed by atoms with Gasteiger partial charge in [0.2, 0.25) is 6.79 Å². The van der Waals surface area contributed by atoms with Crippen LogP contribution in [0.1, 0.15) is 11.1 Å². The third-order valence-corrected chi connectivity index (χ3v) is 5.85. The Bertz CT molecular complexity index is 1270. The SMILES string of the molecule is Cc1ccc(-n2c(SCc3ccc4c(c3)OCO4)nc3ccccc3c2=O)cc1. The van der Waals surface area contributed by atoms with Gasteiger partial charge in [0, 0.05) is 5.75 Å². The Labute approximate surface area is 171 Å². The first-order chi connectivity index (χ1) is 14.2. The minimum absolute atomic E-state index is 0.0624. The molecule has 0 spiro atoms. The number of hydrogen-bond donors (Lipinski definition) is 0. The van der Waals surface area contributed by atoms with Gasteiger partial charge in [-0.3, -0.25) is 9.36 Å². The summed E-state index contributed by atoms with van der Waals surface area (Å²) in [6.07, 6.45) is 0. The minimum Gasteiger partial charge on any atom is -0.454 e. The summed E-state index contributed by atoms with van der Waals surface area (Å²) in [7, 11) is 0. The second-order valence-corrected chi connectivity index (χ2v) is 7.81. The molecule has 5 nitrogen and oxygen atoms in total. The van der Waals surface area contributed by atoms with Crippen molar-refractivity contribution in [1.82, 2.24) is 9.55 Å². The van der Waals surface area contributed by atoms with E-state index >= 15 is 0 Å². The predicted molar refractivity (Wildman–Crippen MR) is 114 cm³/mol. The van der Waals surface area contributed by atoms with Gasteiger partial charge in [0.15, 0.2) is 16.7 Å². The molecule has 0 unspecified atom stereocenters. The zero-order valence-corrected chi connectivity index (χ0v) is 16.6. The molecule has 3 aromatic carbocycles. The Morgan fingerprint density at radius 2 is 1.79 bits per heavy atom. The third-order valence-electron chi connectivity index (χ3n) is 4.84. The molecule has 5 rings (SSSR count). The van der Waals surface area contributed by atoms with Crippen LogP contribution in [0.4, 0.5) is 0 Å². The molecule has 0 atom stereocenters. The van der Waals surface area contributed by atoms with Crippen LogP contribution in [0.3, 0.4) is 0 Å². The quantitative estimate of drug-likeness (QED) is 0.365. The number of aromatic nitrogens is 2. The van der Waals surface area contributed by atoms with Crippen molar-refractivity contribution in [3.63, 3.8) is 0 Å². The molecule has 1 aromatic heterocycles. The van der Waals surface area contributed by atoms with Crippen molar-refractivity contribution in [3.05, 3.63) is 88.2 Å². The molecule has 0 aliphatic carbocycles. The fourth-order valence-corrected chi connectivity index (χ4v) is 4.26. The van der Waals surface area contributed by atoms with E-state index in [0.717, 1.165) is 28.3 Å². The minimum atomic E-state index is -0.0624. The van der Waals surface area contributed by atoms with Crippen LogP contribution in [-0.2, 0) is 5.75 Å². The average Bonchev–Trinajstić information content (AvgIpc) is 3.21. The Balaban J connectivity index is 1.57. The Morgan fingerprint density at radius 1 is 1.00 bits per heavy atom. The van der Waals surface area contributed by atoms with Crippen LogP contribution in [-0.4, -0.2) is 16.3 Å². The van der Waals surface area contributed by atoms with Crippen molar-refractivity contribution in [2.75, 3.05) is 6.79 Å². The van der Waals surface area contributed by atoms with E-state index in [9.17, 15) is 4.79 Å². The van der Waals surface area contributed by atoms with Crippen LogP contribution in [0, 0.1) is 6.92 Å². The lowest BCUT2D eigenvalue weighted by Crippen LogP contribution is -2.21. The van der Waals surface area contributed by atoms with Gasteiger partial charge in [-0.1, -0.05) is 47.7 Å². The number of rotatable bonds is 4. The third kappa shape index (κ3) is 3.36. The molecule has 2 heterocycles. The molecule has 0 amide bonds. The van der Waals surface area contributed by atoms with Crippen LogP contribution in [0.5, 0.6) is 11.5 Å². The highest BCUT2D eigenvalue weighted by molar-refractivity contribution is 7.98. The lowest BCUT2D eigenvalue weighted by Gasteiger charge is -2.13. The zero-order chi connectivity index (χ0) is 19.8. The lowest BCUT2D eigenvalue weighted by atomic mass is 10.2. The standard InChI is InChI=1S/C23H18N2O3S/c1-15-6-9-17(10-7-15)25-22(26)18-4-2-3-5-19(18)24-23(25)29-13-16-8-11-20-21(12-16)28-14-27-20/h2-12H,13-14H2,1H3. The lowest BCUT2D eigenvalue weighted by molar-refractivity contribution is 0.174.